The lowest BCUT2D eigenvalue weighted by Gasteiger charge is -2.19. The predicted molar refractivity (Wildman–Crippen MR) is 70.4 cm³/mol. The molecule has 1 amide bonds. The fraction of sp³-hybridized carbons (Fsp3) is 0.429. The van der Waals surface area contributed by atoms with Crippen LogP contribution in [0.15, 0.2) is 30.3 Å². The van der Waals surface area contributed by atoms with E-state index in [1.807, 2.05) is 18.2 Å². The Morgan fingerprint density at radius 2 is 1.84 bits per heavy atom. The molecule has 1 rings (SSSR count). The second kappa shape index (κ2) is 7.53. The van der Waals surface area contributed by atoms with Crippen molar-refractivity contribution in [3.8, 4) is 0 Å². The minimum Gasteiger partial charge on any atom is -0.467 e. The molecule has 0 saturated carbocycles. The van der Waals surface area contributed by atoms with Crippen molar-refractivity contribution in [2.24, 2.45) is 0 Å². The van der Waals surface area contributed by atoms with Gasteiger partial charge in [-0.25, -0.2) is 4.79 Å². The van der Waals surface area contributed by atoms with E-state index in [4.69, 9.17) is 4.74 Å². The van der Waals surface area contributed by atoms with Gasteiger partial charge in [-0.3, -0.25) is 4.79 Å². The highest BCUT2D eigenvalue weighted by molar-refractivity contribution is 5.87. The van der Waals surface area contributed by atoms with Crippen LogP contribution in [0, 0.1) is 0 Å². The normalized spacial score (nSPS) is 13.4. The molecule has 0 aliphatic rings. The monoisotopic (exact) mass is 265 g/mol. The maximum Gasteiger partial charge on any atom is 0.328 e. The highest BCUT2D eigenvalue weighted by Crippen LogP contribution is 2.16. The zero-order chi connectivity index (χ0) is 14.3. The van der Waals surface area contributed by atoms with Crippen molar-refractivity contribution in [1.82, 2.24) is 5.32 Å². The number of carbonyl (C=O) groups excluding carboxylic acids is 2. The van der Waals surface area contributed by atoms with Crippen LogP contribution in [0.25, 0.3) is 0 Å². The first-order chi connectivity index (χ1) is 9.13. The Labute approximate surface area is 112 Å². The maximum absolute atomic E-state index is 12.1. The first kappa shape index (κ1) is 15.2. The SMILES string of the molecule is CC[C@@H](NC(=O)[C@@H](OC)c1ccccc1)C(=O)OC. The predicted octanol–water partition coefficient (Wildman–Crippen LogP) is 1.44. The Bertz CT molecular complexity index is 419. The van der Waals surface area contributed by atoms with Gasteiger partial charge in [-0.15, -0.1) is 0 Å². The quantitative estimate of drug-likeness (QED) is 0.790. The van der Waals surface area contributed by atoms with Crippen LogP contribution >= 0.6 is 0 Å². The van der Waals surface area contributed by atoms with E-state index >= 15 is 0 Å². The zero-order valence-corrected chi connectivity index (χ0v) is 11.4. The van der Waals surface area contributed by atoms with Gasteiger partial charge in [-0.05, 0) is 12.0 Å². The van der Waals surface area contributed by atoms with Gasteiger partial charge in [0.15, 0.2) is 6.10 Å². The first-order valence-electron chi connectivity index (χ1n) is 6.10. The molecule has 0 heterocycles. The number of carbonyl (C=O) groups is 2. The van der Waals surface area contributed by atoms with Crippen molar-refractivity contribution < 1.29 is 19.1 Å². The third-order valence-corrected chi connectivity index (χ3v) is 2.79. The molecule has 0 unspecified atom stereocenters. The van der Waals surface area contributed by atoms with Gasteiger partial charge >= 0.3 is 5.97 Å². The van der Waals surface area contributed by atoms with E-state index in [2.05, 4.69) is 10.1 Å². The number of hydrogen-bond donors (Lipinski definition) is 1. The van der Waals surface area contributed by atoms with Crippen LogP contribution in [0.2, 0.25) is 0 Å². The second-order valence-corrected chi connectivity index (χ2v) is 4.02. The Hall–Kier alpha value is -1.88. The maximum atomic E-state index is 12.1. The molecule has 1 aromatic rings. The number of nitrogens with one attached hydrogen (secondary N) is 1. The van der Waals surface area contributed by atoms with Gasteiger partial charge in [0.2, 0.25) is 0 Å². The van der Waals surface area contributed by atoms with Crippen molar-refractivity contribution in [1.29, 1.82) is 0 Å². The van der Waals surface area contributed by atoms with Gasteiger partial charge < -0.3 is 14.8 Å². The Morgan fingerprint density at radius 3 is 2.32 bits per heavy atom. The van der Waals surface area contributed by atoms with E-state index in [1.165, 1.54) is 14.2 Å². The fourth-order valence-electron chi connectivity index (χ4n) is 1.74. The second-order valence-electron chi connectivity index (χ2n) is 4.02. The minimum absolute atomic E-state index is 0.356. The molecule has 0 saturated heterocycles. The summed E-state index contributed by atoms with van der Waals surface area (Å²) >= 11 is 0. The third-order valence-electron chi connectivity index (χ3n) is 2.79. The van der Waals surface area contributed by atoms with Gasteiger partial charge in [-0.2, -0.15) is 0 Å². The molecule has 1 aromatic carbocycles. The molecule has 0 spiro atoms. The van der Waals surface area contributed by atoms with Crippen LogP contribution < -0.4 is 5.32 Å². The van der Waals surface area contributed by atoms with Crippen molar-refractivity contribution in [3.05, 3.63) is 35.9 Å². The number of amides is 1. The van der Waals surface area contributed by atoms with Crippen LogP contribution in [0.5, 0.6) is 0 Å². The topological polar surface area (TPSA) is 64.6 Å². The number of rotatable bonds is 6. The third kappa shape index (κ3) is 4.06. The molecule has 0 fully saturated rings. The summed E-state index contributed by atoms with van der Waals surface area (Å²) in [5.74, 6) is -0.815. The van der Waals surface area contributed by atoms with Crippen LogP contribution in [0.1, 0.15) is 25.0 Å². The molecule has 2 atom stereocenters. The summed E-state index contributed by atoms with van der Waals surface area (Å²) in [6.45, 7) is 1.80. The average Bonchev–Trinajstić information content (AvgIpc) is 2.45. The lowest BCUT2D eigenvalue weighted by molar-refractivity contribution is -0.146. The van der Waals surface area contributed by atoms with Crippen molar-refractivity contribution in [3.63, 3.8) is 0 Å². The van der Waals surface area contributed by atoms with E-state index in [0.29, 0.717) is 6.42 Å². The number of ether oxygens (including phenoxy) is 2. The average molecular weight is 265 g/mol. The van der Waals surface area contributed by atoms with Crippen molar-refractivity contribution >= 4 is 11.9 Å². The lowest BCUT2D eigenvalue weighted by atomic mass is 10.1. The Balaban J connectivity index is 2.77. The summed E-state index contributed by atoms with van der Waals surface area (Å²) < 4.78 is 9.82. The van der Waals surface area contributed by atoms with Gasteiger partial charge in [0, 0.05) is 7.11 Å². The van der Waals surface area contributed by atoms with E-state index in [-0.39, 0.29) is 5.91 Å². The van der Waals surface area contributed by atoms with Gasteiger partial charge in [-0.1, -0.05) is 37.3 Å². The number of esters is 1. The molecule has 0 aliphatic heterocycles. The summed E-state index contributed by atoms with van der Waals surface area (Å²) in [7, 11) is 2.75. The molecule has 19 heavy (non-hydrogen) atoms. The molecule has 0 aromatic heterocycles. The van der Waals surface area contributed by atoms with E-state index < -0.39 is 18.1 Å². The molecular formula is C14H19NO4. The number of hydrogen-bond acceptors (Lipinski definition) is 4. The largest absolute Gasteiger partial charge is 0.467 e. The van der Waals surface area contributed by atoms with Gasteiger partial charge in [0.25, 0.3) is 5.91 Å². The fourth-order valence-corrected chi connectivity index (χ4v) is 1.74. The minimum atomic E-state index is -0.736. The summed E-state index contributed by atoms with van der Waals surface area (Å²) in [5.41, 5.74) is 0.738. The zero-order valence-electron chi connectivity index (χ0n) is 11.4. The summed E-state index contributed by atoms with van der Waals surface area (Å²) in [6, 6.07) is 8.45. The smallest absolute Gasteiger partial charge is 0.328 e. The summed E-state index contributed by atoms with van der Waals surface area (Å²) in [6.07, 6.45) is -0.274. The summed E-state index contributed by atoms with van der Waals surface area (Å²) in [5, 5.41) is 2.63. The standard InChI is InChI=1S/C14H19NO4/c1-4-11(14(17)19-3)15-13(16)12(18-2)10-8-6-5-7-9-10/h5-9,11-12H,4H2,1-3H3,(H,15,16)/t11-,12+/m1/s1. The molecule has 5 heteroatoms. The molecular weight excluding hydrogens is 246 g/mol. The highest BCUT2D eigenvalue weighted by Gasteiger charge is 2.25. The number of methoxy groups -OCH3 is 2. The van der Waals surface area contributed by atoms with Crippen molar-refractivity contribution in [2.45, 2.75) is 25.5 Å². The number of benzene rings is 1. The van der Waals surface area contributed by atoms with E-state index in [0.717, 1.165) is 5.56 Å². The van der Waals surface area contributed by atoms with Crippen molar-refractivity contribution in [2.75, 3.05) is 14.2 Å². The van der Waals surface area contributed by atoms with Gasteiger partial charge in [0.05, 0.1) is 7.11 Å². The van der Waals surface area contributed by atoms with Gasteiger partial charge in [0.1, 0.15) is 6.04 Å². The van der Waals surface area contributed by atoms with Crippen LogP contribution in [0.4, 0.5) is 0 Å². The molecule has 0 radical (unpaired) electrons. The lowest BCUT2D eigenvalue weighted by Crippen LogP contribution is -2.43. The molecule has 1 N–H and O–H groups in total. The van der Waals surface area contributed by atoms with E-state index in [1.54, 1.807) is 19.1 Å². The first-order valence-corrected chi connectivity index (χ1v) is 6.10. The van der Waals surface area contributed by atoms with Crippen LogP contribution in [-0.2, 0) is 19.1 Å². The molecule has 5 nitrogen and oxygen atoms in total. The Morgan fingerprint density at radius 1 is 1.21 bits per heavy atom. The molecule has 0 aliphatic carbocycles. The van der Waals surface area contributed by atoms with Crippen LogP contribution in [0.3, 0.4) is 0 Å². The summed E-state index contributed by atoms with van der Waals surface area (Å²) in [4.78, 5) is 23.6. The molecule has 104 valence electrons. The molecule has 0 bridgehead atoms. The van der Waals surface area contributed by atoms with E-state index in [9.17, 15) is 9.59 Å². The Kier molecular flexibility index (Phi) is 6.02. The highest BCUT2D eigenvalue weighted by atomic mass is 16.5. The van der Waals surface area contributed by atoms with Crippen LogP contribution in [-0.4, -0.2) is 32.1 Å².